The van der Waals surface area contributed by atoms with E-state index in [1.807, 2.05) is 80.6 Å². The number of para-hydroxylation sites is 1. The van der Waals surface area contributed by atoms with Gasteiger partial charge in [0, 0.05) is 18.2 Å². The minimum absolute atomic E-state index is 0.226. The number of fused-ring (bicyclic) bond motifs is 1. The van der Waals surface area contributed by atoms with Crippen LogP contribution in [0.2, 0.25) is 0 Å². The Balaban J connectivity index is 1.88. The highest BCUT2D eigenvalue weighted by atomic mass is 32.2. The molecule has 164 valence electrons. The Morgan fingerprint density at radius 2 is 1.56 bits per heavy atom. The summed E-state index contributed by atoms with van der Waals surface area (Å²) in [6.45, 7) is 3.97. The molecule has 5 nitrogen and oxygen atoms in total. The molecule has 0 saturated heterocycles. The maximum absolute atomic E-state index is 13.6. The number of sulfonamides is 1. The van der Waals surface area contributed by atoms with Crippen LogP contribution in [0, 0.1) is 6.92 Å². The van der Waals surface area contributed by atoms with Crippen molar-refractivity contribution < 1.29 is 13.2 Å². The fraction of sp³-hybridized carbons (Fsp3) is 0.192. The highest BCUT2D eigenvalue weighted by Crippen LogP contribution is 2.42. The second-order valence-electron chi connectivity index (χ2n) is 7.90. The first-order valence-electron chi connectivity index (χ1n) is 10.6. The van der Waals surface area contributed by atoms with Gasteiger partial charge in [-0.05, 0) is 30.5 Å². The van der Waals surface area contributed by atoms with Gasteiger partial charge in [-0.3, -0.25) is 9.10 Å². The van der Waals surface area contributed by atoms with E-state index in [0.717, 1.165) is 11.1 Å². The van der Waals surface area contributed by atoms with Crippen LogP contribution in [0.5, 0.6) is 0 Å². The maximum Gasteiger partial charge on any atom is 0.270 e. The lowest BCUT2D eigenvalue weighted by Crippen LogP contribution is -2.40. The van der Waals surface area contributed by atoms with Crippen molar-refractivity contribution in [2.75, 3.05) is 11.4 Å². The molecule has 0 aromatic heterocycles. The summed E-state index contributed by atoms with van der Waals surface area (Å²) in [5, 5.41) is 2.98. The summed E-state index contributed by atoms with van der Waals surface area (Å²) in [6, 6.07) is 24.1. The molecule has 1 amide bonds. The second kappa shape index (κ2) is 8.63. The number of rotatable bonds is 5. The molecule has 1 heterocycles. The zero-order valence-corrected chi connectivity index (χ0v) is 19.2. The summed E-state index contributed by atoms with van der Waals surface area (Å²) in [4.78, 5) is 13.4. The van der Waals surface area contributed by atoms with Gasteiger partial charge >= 0.3 is 0 Å². The topological polar surface area (TPSA) is 66.5 Å². The van der Waals surface area contributed by atoms with Gasteiger partial charge in [-0.25, -0.2) is 8.42 Å². The van der Waals surface area contributed by atoms with Crippen molar-refractivity contribution >= 4 is 27.2 Å². The SMILES string of the molecule is CC[C@@H](NC(=O)C1=C(c2ccccc2)c2ccccc2N(C)S1(=O)=O)c1ccc(C)cc1. The minimum Gasteiger partial charge on any atom is -0.345 e. The normalized spacial score (nSPS) is 15.8. The van der Waals surface area contributed by atoms with Gasteiger partial charge < -0.3 is 5.32 Å². The molecule has 4 rings (SSSR count). The molecule has 1 N–H and O–H groups in total. The number of carbonyl (C=O) groups is 1. The van der Waals surface area contributed by atoms with Crippen LogP contribution in [0.25, 0.3) is 5.57 Å². The van der Waals surface area contributed by atoms with Gasteiger partial charge in [0.1, 0.15) is 0 Å². The van der Waals surface area contributed by atoms with Crippen LogP contribution in [0.3, 0.4) is 0 Å². The van der Waals surface area contributed by atoms with E-state index in [1.54, 1.807) is 12.1 Å². The van der Waals surface area contributed by atoms with Crippen LogP contribution in [0.4, 0.5) is 5.69 Å². The van der Waals surface area contributed by atoms with Crippen molar-refractivity contribution in [2.24, 2.45) is 0 Å². The van der Waals surface area contributed by atoms with Crippen molar-refractivity contribution in [3.05, 3.63) is 106 Å². The molecule has 1 atom stereocenters. The molecule has 1 aliphatic heterocycles. The Bertz CT molecular complexity index is 1280. The maximum atomic E-state index is 13.6. The molecule has 3 aromatic carbocycles. The lowest BCUT2D eigenvalue weighted by molar-refractivity contribution is -0.117. The first-order valence-corrected chi connectivity index (χ1v) is 12.0. The van der Waals surface area contributed by atoms with E-state index in [2.05, 4.69) is 5.32 Å². The first-order chi connectivity index (χ1) is 15.3. The molecule has 3 aromatic rings. The Morgan fingerprint density at radius 1 is 0.938 bits per heavy atom. The van der Waals surface area contributed by atoms with E-state index >= 15 is 0 Å². The summed E-state index contributed by atoms with van der Waals surface area (Å²) >= 11 is 0. The Kier molecular flexibility index (Phi) is 5.89. The Labute approximate surface area is 189 Å². The van der Waals surface area contributed by atoms with Crippen LogP contribution in [0.1, 0.15) is 41.6 Å². The standard InChI is InChI=1S/C26H26N2O3S/c1-4-22(19-16-14-18(2)15-17-19)27-26(29)25-24(20-10-6-5-7-11-20)21-12-8-9-13-23(21)28(3)32(25,30)31/h5-17,22H,4H2,1-3H3,(H,27,29)/t22-/m1/s1. The Hall–Kier alpha value is -3.38. The summed E-state index contributed by atoms with van der Waals surface area (Å²) in [5.41, 5.74) is 4.44. The number of hydrogen-bond acceptors (Lipinski definition) is 3. The van der Waals surface area contributed by atoms with Crippen molar-refractivity contribution in [1.82, 2.24) is 5.32 Å². The third-order valence-corrected chi connectivity index (χ3v) is 7.64. The second-order valence-corrected chi connectivity index (χ2v) is 9.81. The molecular formula is C26H26N2O3S. The van der Waals surface area contributed by atoms with Crippen LogP contribution in [-0.4, -0.2) is 21.4 Å². The minimum atomic E-state index is -4.05. The number of nitrogens with one attached hydrogen (secondary N) is 1. The van der Waals surface area contributed by atoms with E-state index in [9.17, 15) is 13.2 Å². The summed E-state index contributed by atoms with van der Waals surface area (Å²) in [5.74, 6) is -0.599. The predicted molar refractivity (Wildman–Crippen MR) is 129 cm³/mol. The number of benzene rings is 3. The van der Waals surface area contributed by atoms with Crippen LogP contribution in [0.15, 0.2) is 83.8 Å². The number of aryl methyl sites for hydroxylation is 1. The molecule has 6 heteroatoms. The third kappa shape index (κ3) is 3.82. The molecule has 0 unspecified atom stereocenters. The highest BCUT2D eigenvalue weighted by molar-refractivity contribution is 7.97. The van der Waals surface area contributed by atoms with Crippen LogP contribution in [-0.2, 0) is 14.8 Å². The molecule has 0 spiro atoms. The smallest absolute Gasteiger partial charge is 0.270 e. The largest absolute Gasteiger partial charge is 0.345 e. The van der Waals surface area contributed by atoms with Crippen molar-refractivity contribution in [2.45, 2.75) is 26.3 Å². The van der Waals surface area contributed by atoms with E-state index < -0.39 is 15.9 Å². The number of hydrogen-bond donors (Lipinski definition) is 1. The molecule has 0 saturated carbocycles. The fourth-order valence-electron chi connectivity index (χ4n) is 4.04. The van der Waals surface area contributed by atoms with Gasteiger partial charge in [-0.2, -0.15) is 0 Å². The van der Waals surface area contributed by atoms with E-state index in [-0.39, 0.29) is 10.9 Å². The highest BCUT2D eigenvalue weighted by Gasteiger charge is 2.40. The van der Waals surface area contributed by atoms with E-state index in [1.165, 1.54) is 11.4 Å². The van der Waals surface area contributed by atoms with Gasteiger partial charge in [0.05, 0.1) is 11.7 Å². The number of amides is 1. The molecule has 0 fully saturated rings. The zero-order valence-electron chi connectivity index (χ0n) is 18.4. The van der Waals surface area contributed by atoms with E-state index in [0.29, 0.717) is 28.8 Å². The average Bonchev–Trinajstić information content (AvgIpc) is 2.80. The number of carbonyl (C=O) groups excluding carboxylic acids is 1. The monoisotopic (exact) mass is 446 g/mol. The molecule has 0 bridgehead atoms. The van der Waals surface area contributed by atoms with Crippen molar-refractivity contribution in [1.29, 1.82) is 0 Å². The Morgan fingerprint density at radius 3 is 2.22 bits per heavy atom. The van der Waals surface area contributed by atoms with Gasteiger partial charge in [-0.15, -0.1) is 0 Å². The molecule has 0 radical (unpaired) electrons. The predicted octanol–water partition coefficient (Wildman–Crippen LogP) is 4.80. The molecule has 0 aliphatic carbocycles. The van der Waals surface area contributed by atoms with Crippen LogP contribution < -0.4 is 9.62 Å². The molecule has 32 heavy (non-hydrogen) atoms. The zero-order chi connectivity index (χ0) is 22.9. The van der Waals surface area contributed by atoms with Gasteiger partial charge in [-0.1, -0.05) is 85.3 Å². The first kappa shape index (κ1) is 21.8. The van der Waals surface area contributed by atoms with Gasteiger partial charge in [0.15, 0.2) is 4.91 Å². The lowest BCUT2D eigenvalue weighted by atomic mass is 9.95. The van der Waals surface area contributed by atoms with Gasteiger partial charge in [0.2, 0.25) is 0 Å². The lowest BCUT2D eigenvalue weighted by Gasteiger charge is -2.31. The van der Waals surface area contributed by atoms with Crippen LogP contribution >= 0.6 is 0 Å². The number of anilines is 1. The third-order valence-electron chi connectivity index (χ3n) is 5.82. The van der Waals surface area contributed by atoms with Crippen molar-refractivity contribution in [3.63, 3.8) is 0 Å². The van der Waals surface area contributed by atoms with E-state index in [4.69, 9.17) is 0 Å². The van der Waals surface area contributed by atoms with Gasteiger partial charge in [0.25, 0.3) is 15.9 Å². The summed E-state index contributed by atoms with van der Waals surface area (Å²) in [6.07, 6.45) is 0.634. The molecule has 1 aliphatic rings. The summed E-state index contributed by atoms with van der Waals surface area (Å²) < 4.78 is 28.3. The van der Waals surface area contributed by atoms with Crippen molar-refractivity contribution in [3.8, 4) is 0 Å². The quantitative estimate of drug-likeness (QED) is 0.612. The molecular weight excluding hydrogens is 420 g/mol. The average molecular weight is 447 g/mol. The summed E-state index contributed by atoms with van der Waals surface area (Å²) in [7, 11) is -2.57. The number of nitrogens with zero attached hydrogens (tertiary/aromatic N) is 1. The fourth-order valence-corrected chi connectivity index (χ4v) is 5.51.